The van der Waals surface area contributed by atoms with Gasteiger partial charge < -0.3 is 15.0 Å². The Kier molecular flexibility index (Phi) is 4.73. The van der Waals surface area contributed by atoms with Gasteiger partial charge in [-0.05, 0) is 25.0 Å². The van der Waals surface area contributed by atoms with E-state index in [9.17, 15) is 9.59 Å². The van der Waals surface area contributed by atoms with Gasteiger partial charge in [-0.1, -0.05) is 0 Å². The quantitative estimate of drug-likeness (QED) is 0.864. The molecule has 22 heavy (non-hydrogen) atoms. The Morgan fingerprint density at radius 2 is 2.36 bits per heavy atom. The third-order valence-corrected chi connectivity index (χ3v) is 3.87. The fraction of sp³-hybridized carbons (Fsp3) is 0.467. The van der Waals surface area contributed by atoms with Crippen molar-refractivity contribution in [3.8, 4) is 6.07 Å². The monoisotopic (exact) mass is 302 g/mol. The molecule has 0 spiro atoms. The van der Waals surface area contributed by atoms with Gasteiger partial charge in [0.25, 0.3) is 5.91 Å². The van der Waals surface area contributed by atoms with Gasteiger partial charge in [-0.25, -0.2) is 0 Å². The van der Waals surface area contributed by atoms with Crippen LogP contribution < -0.4 is 5.32 Å². The Morgan fingerprint density at radius 1 is 1.59 bits per heavy atom. The number of rotatable bonds is 4. The number of aromatic nitrogens is 1. The zero-order valence-electron chi connectivity index (χ0n) is 12.6. The minimum absolute atomic E-state index is 0.121. The maximum absolute atomic E-state index is 12.7. The Labute approximate surface area is 128 Å². The van der Waals surface area contributed by atoms with Gasteiger partial charge in [0.2, 0.25) is 5.91 Å². The molecular weight excluding hydrogens is 284 g/mol. The van der Waals surface area contributed by atoms with E-state index in [2.05, 4.69) is 10.3 Å². The second-order valence-electron chi connectivity index (χ2n) is 5.15. The van der Waals surface area contributed by atoms with Crippen molar-refractivity contribution < 1.29 is 14.3 Å². The van der Waals surface area contributed by atoms with Crippen molar-refractivity contribution in [3.63, 3.8) is 0 Å². The van der Waals surface area contributed by atoms with Crippen molar-refractivity contribution in [1.82, 2.24) is 15.2 Å². The highest BCUT2D eigenvalue weighted by atomic mass is 16.5. The highest BCUT2D eigenvalue weighted by Crippen LogP contribution is 2.31. The third kappa shape index (κ3) is 2.65. The Morgan fingerprint density at radius 3 is 3.00 bits per heavy atom. The van der Waals surface area contributed by atoms with Crippen LogP contribution in [0.1, 0.15) is 28.9 Å². The molecule has 1 saturated heterocycles. The van der Waals surface area contributed by atoms with Crippen LogP contribution >= 0.6 is 0 Å². The standard InChI is InChI=1S/C15H18N4O3/c1-17-14(21)15(10-22-2)5-3-7-19(15)13(20)12-8-11(9-16)4-6-18-12/h4,6,8H,3,5,7,10H2,1-2H3,(H,17,21). The van der Waals surface area contributed by atoms with Crippen molar-refractivity contribution in [2.75, 3.05) is 27.3 Å². The van der Waals surface area contributed by atoms with Crippen LogP contribution in [0.2, 0.25) is 0 Å². The first-order chi connectivity index (χ1) is 10.6. The molecule has 0 radical (unpaired) electrons. The van der Waals surface area contributed by atoms with E-state index < -0.39 is 5.54 Å². The molecule has 1 atom stereocenters. The number of carbonyl (C=O) groups excluding carboxylic acids is 2. The smallest absolute Gasteiger partial charge is 0.273 e. The van der Waals surface area contributed by atoms with E-state index in [-0.39, 0.29) is 24.1 Å². The minimum Gasteiger partial charge on any atom is -0.382 e. The van der Waals surface area contributed by atoms with Crippen LogP contribution in [0.25, 0.3) is 0 Å². The molecule has 0 aromatic carbocycles. The van der Waals surface area contributed by atoms with Crippen LogP contribution in [0, 0.1) is 11.3 Å². The first-order valence-corrected chi connectivity index (χ1v) is 6.98. The lowest BCUT2D eigenvalue weighted by Crippen LogP contribution is -2.59. The van der Waals surface area contributed by atoms with Crippen LogP contribution in [0.15, 0.2) is 18.3 Å². The first kappa shape index (κ1) is 15.9. The topological polar surface area (TPSA) is 95.3 Å². The average Bonchev–Trinajstić information content (AvgIpc) is 2.98. The highest BCUT2D eigenvalue weighted by molar-refractivity contribution is 5.98. The average molecular weight is 302 g/mol. The van der Waals surface area contributed by atoms with Crippen molar-refractivity contribution in [2.45, 2.75) is 18.4 Å². The zero-order chi connectivity index (χ0) is 16.2. The number of hydrogen-bond acceptors (Lipinski definition) is 5. The van der Waals surface area contributed by atoms with Crippen molar-refractivity contribution in [1.29, 1.82) is 5.26 Å². The molecule has 1 aromatic rings. The molecule has 1 fully saturated rings. The molecule has 0 aliphatic carbocycles. The molecule has 2 rings (SSSR count). The second kappa shape index (κ2) is 6.54. The summed E-state index contributed by atoms with van der Waals surface area (Å²) in [5.41, 5.74) is -0.509. The summed E-state index contributed by atoms with van der Waals surface area (Å²) in [6.07, 6.45) is 2.66. The van der Waals surface area contributed by atoms with Crippen LogP contribution in [0.4, 0.5) is 0 Å². The summed E-state index contributed by atoms with van der Waals surface area (Å²) < 4.78 is 5.19. The summed E-state index contributed by atoms with van der Waals surface area (Å²) in [5.74, 6) is -0.619. The van der Waals surface area contributed by atoms with Crippen LogP contribution in [-0.4, -0.2) is 54.5 Å². The molecule has 7 heteroatoms. The van der Waals surface area contributed by atoms with Gasteiger partial charge in [0.15, 0.2) is 0 Å². The van der Waals surface area contributed by atoms with Gasteiger partial charge in [-0.3, -0.25) is 14.6 Å². The molecular formula is C15H18N4O3. The Hall–Kier alpha value is -2.46. The minimum atomic E-state index is -1.02. The summed E-state index contributed by atoms with van der Waals surface area (Å²) in [6, 6.07) is 4.94. The van der Waals surface area contributed by atoms with Crippen molar-refractivity contribution in [2.24, 2.45) is 0 Å². The third-order valence-electron chi connectivity index (χ3n) is 3.87. The van der Waals surface area contributed by atoms with E-state index in [0.29, 0.717) is 24.9 Å². The van der Waals surface area contributed by atoms with E-state index in [1.807, 2.05) is 6.07 Å². The van der Waals surface area contributed by atoms with E-state index in [0.717, 1.165) is 0 Å². The van der Waals surface area contributed by atoms with Crippen LogP contribution in [0.5, 0.6) is 0 Å². The van der Waals surface area contributed by atoms with Crippen molar-refractivity contribution in [3.05, 3.63) is 29.6 Å². The molecule has 0 bridgehead atoms. The van der Waals surface area contributed by atoms with Gasteiger partial charge >= 0.3 is 0 Å². The van der Waals surface area contributed by atoms with Crippen LogP contribution in [0.3, 0.4) is 0 Å². The van der Waals surface area contributed by atoms with Gasteiger partial charge in [-0.15, -0.1) is 0 Å². The second-order valence-corrected chi connectivity index (χ2v) is 5.15. The summed E-state index contributed by atoms with van der Waals surface area (Å²) in [7, 11) is 3.04. The van der Waals surface area contributed by atoms with Crippen LogP contribution in [-0.2, 0) is 9.53 Å². The summed E-state index contributed by atoms with van der Waals surface area (Å²) in [4.78, 5) is 30.6. The van der Waals surface area contributed by atoms with Crippen molar-refractivity contribution >= 4 is 11.8 Å². The Balaban J connectivity index is 2.38. The number of pyridine rings is 1. The summed E-state index contributed by atoms with van der Waals surface area (Å²) in [6.45, 7) is 0.574. The lowest BCUT2D eigenvalue weighted by Gasteiger charge is -2.36. The number of likely N-dealkylation sites (tertiary alicyclic amines) is 1. The normalized spacial score (nSPS) is 20.5. The van der Waals surface area contributed by atoms with E-state index >= 15 is 0 Å². The number of hydrogen-bond donors (Lipinski definition) is 1. The number of nitriles is 1. The van der Waals surface area contributed by atoms with Gasteiger partial charge in [0, 0.05) is 26.9 Å². The number of nitrogens with zero attached hydrogens (tertiary/aromatic N) is 3. The lowest BCUT2D eigenvalue weighted by molar-refractivity contribution is -0.133. The number of likely N-dealkylation sites (N-methyl/N-ethyl adjacent to an activating group) is 1. The Bertz CT molecular complexity index is 625. The maximum atomic E-state index is 12.7. The van der Waals surface area contributed by atoms with E-state index in [1.165, 1.54) is 37.4 Å². The fourth-order valence-electron chi connectivity index (χ4n) is 2.85. The lowest BCUT2D eigenvalue weighted by atomic mass is 9.95. The number of amides is 2. The van der Waals surface area contributed by atoms with E-state index in [1.54, 1.807) is 0 Å². The summed E-state index contributed by atoms with van der Waals surface area (Å²) >= 11 is 0. The molecule has 0 saturated carbocycles. The molecule has 116 valence electrons. The number of nitrogens with one attached hydrogen (secondary N) is 1. The predicted octanol–water partition coefficient (Wildman–Crippen LogP) is 0.320. The fourth-order valence-corrected chi connectivity index (χ4v) is 2.85. The van der Waals surface area contributed by atoms with Gasteiger partial charge in [0.05, 0.1) is 18.2 Å². The number of ether oxygens (including phenoxy) is 1. The number of carbonyl (C=O) groups is 2. The molecule has 2 heterocycles. The highest BCUT2D eigenvalue weighted by Gasteiger charge is 2.49. The maximum Gasteiger partial charge on any atom is 0.273 e. The SMILES string of the molecule is CNC(=O)C1(COC)CCCN1C(=O)c1cc(C#N)ccn1. The van der Waals surface area contributed by atoms with Gasteiger partial charge in [0.1, 0.15) is 11.2 Å². The molecule has 1 aliphatic rings. The predicted molar refractivity (Wildman–Crippen MR) is 77.9 cm³/mol. The van der Waals surface area contributed by atoms with Gasteiger partial charge in [-0.2, -0.15) is 5.26 Å². The molecule has 1 unspecified atom stereocenters. The summed E-state index contributed by atoms with van der Waals surface area (Å²) in [5, 5.41) is 11.5. The molecule has 2 amide bonds. The molecule has 1 aliphatic heterocycles. The first-order valence-electron chi connectivity index (χ1n) is 6.98. The number of methoxy groups -OCH3 is 1. The van der Waals surface area contributed by atoms with E-state index in [4.69, 9.17) is 10.00 Å². The molecule has 1 aromatic heterocycles. The molecule has 1 N–H and O–H groups in total. The molecule has 7 nitrogen and oxygen atoms in total. The zero-order valence-corrected chi connectivity index (χ0v) is 12.6. The largest absolute Gasteiger partial charge is 0.382 e.